The summed E-state index contributed by atoms with van der Waals surface area (Å²) in [6, 6.07) is 11.2. The highest BCUT2D eigenvalue weighted by Gasteiger charge is 2.33. The lowest BCUT2D eigenvalue weighted by atomic mass is 9.99. The van der Waals surface area contributed by atoms with Crippen molar-refractivity contribution in [2.45, 2.75) is 59.3 Å². The van der Waals surface area contributed by atoms with Gasteiger partial charge < -0.3 is 14.1 Å². The molecule has 1 aromatic carbocycles. The molecular weight excluding hydrogens is 432 g/mol. The molecule has 3 heterocycles. The van der Waals surface area contributed by atoms with E-state index in [1.807, 2.05) is 41.1 Å². The third-order valence-electron chi connectivity index (χ3n) is 5.86. The van der Waals surface area contributed by atoms with Gasteiger partial charge in [-0.15, -0.1) is 5.10 Å². The van der Waals surface area contributed by atoms with E-state index in [0.29, 0.717) is 18.7 Å². The maximum atomic E-state index is 13.0. The number of methoxy groups -OCH3 is 1. The van der Waals surface area contributed by atoms with E-state index in [9.17, 15) is 4.79 Å². The summed E-state index contributed by atoms with van der Waals surface area (Å²) in [6.07, 6.45) is 1.66. The number of H-pyrrole nitrogens is 1. The van der Waals surface area contributed by atoms with Crippen molar-refractivity contribution < 1.29 is 9.15 Å². The quantitative estimate of drug-likeness (QED) is 0.415. The predicted molar refractivity (Wildman–Crippen MR) is 129 cm³/mol. The van der Waals surface area contributed by atoms with Crippen LogP contribution in [0, 0.1) is 5.92 Å². The first-order chi connectivity index (χ1) is 16.2. The molecule has 0 saturated heterocycles. The first-order valence-electron chi connectivity index (χ1n) is 11.4. The average molecular weight is 465 g/mol. The Morgan fingerprint density at radius 1 is 1.18 bits per heavy atom. The molecule has 3 aromatic heterocycles. The van der Waals surface area contributed by atoms with Gasteiger partial charge >= 0.3 is 0 Å². The van der Waals surface area contributed by atoms with Crippen LogP contribution in [0.5, 0.6) is 5.75 Å². The summed E-state index contributed by atoms with van der Waals surface area (Å²) in [5, 5.41) is 13.6. The highest BCUT2D eigenvalue weighted by Crippen LogP contribution is 2.32. The third kappa shape index (κ3) is 4.89. The molecule has 9 nitrogen and oxygen atoms in total. The molecule has 0 bridgehead atoms. The molecule has 0 aliphatic heterocycles. The fraction of sp³-hybridized carbons (Fsp3) is 0.440. The van der Waals surface area contributed by atoms with Crippen LogP contribution in [0.3, 0.4) is 0 Å². The van der Waals surface area contributed by atoms with E-state index in [4.69, 9.17) is 9.15 Å². The number of pyridine rings is 1. The van der Waals surface area contributed by atoms with Gasteiger partial charge in [0.2, 0.25) is 0 Å². The number of hydrogen-bond donors (Lipinski definition) is 1. The average Bonchev–Trinajstić information content (AvgIpc) is 3.46. The zero-order valence-electron chi connectivity index (χ0n) is 20.6. The van der Waals surface area contributed by atoms with Crippen molar-refractivity contribution in [3.63, 3.8) is 0 Å². The standard InChI is InChI=1S/C25H32N6O3/c1-16(2)22(23-27-28-29-31(23)25(3,4)5)30(15-20-8-7-11-34-20)14-18-12-17-13-19(33-6)9-10-21(17)26-24(18)32/h7-13,16,22H,14-15H2,1-6H3,(H,26,32)/t22-/m1/s1. The molecule has 4 rings (SSSR count). The number of nitrogens with one attached hydrogen (secondary N) is 1. The van der Waals surface area contributed by atoms with E-state index in [1.54, 1.807) is 13.4 Å². The Balaban J connectivity index is 1.79. The summed E-state index contributed by atoms with van der Waals surface area (Å²) in [4.78, 5) is 18.3. The van der Waals surface area contributed by atoms with E-state index in [1.165, 1.54) is 0 Å². The Labute approximate surface area is 198 Å². The molecule has 4 aromatic rings. The molecule has 1 N–H and O–H groups in total. The fourth-order valence-electron chi connectivity index (χ4n) is 4.29. The first-order valence-corrected chi connectivity index (χ1v) is 11.4. The van der Waals surface area contributed by atoms with Gasteiger partial charge in [0.25, 0.3) is 5.56 Å². The lowest BCUT2D eigenvalue weighted by molar-refractivity contribution is 0.111. The zero-order valence-corrected chi connectivity index (χ0v) is 20.6. The van der Waals surface area contributed by atoms with Crippen LogP contribution in [0.1, 0.15) is 57.8 Å². The molecule has 0 aliphatic rings. The molecule has 0 aliphatic carbocycles. The van der Waals surface area contributed by atoms with Gasteiger partial charge in [0, 0.05) is 23.0 Å². The van der Waals surface area contributed by atoms with Crippen molar-refractivity contribution >= 4 is 10.9 Å². The summed E-state index contributed by atoms with van der Waals surface area (Å²) >= 11 is 0. The number of nitrogens with zero attached hydrogens (tertiary/aromatic N) is 5. The molecule has 0 radical (unpaired) electrons. The third-order valence-corrected chi connectivity index (χ3v) is 5.86. The smallest absolute Gasteiger partial charge is 0.252 e. The number of aromatic nitrogens is 5. The molecule has 0 saturated carbocycles. The van der Waals surface area contributed by atoms with Crippen LogP contribution in [0.25, 0.3) is 10.9 Å². The van der Waals surface area contributed by atoms with Gasteiger partial charge in [-0.1, -0.05) is 13.8 Å². The molecule has 0 amide bonds. The van der Waals surface area contributed by atoms with E-state index in [2.05, 4.69) is 60.0 Å². The maximum absolute atomic E-state index is 13.0. The molecule has 0 fully saturated rings. The first kappa shape index (κ1) is 23.7. The number of hydrogen-bond acceptors (Lipinski definition) is 7. The minimum absolute atomic E-state index is 0.125. The van der Waals surface area contributed by atoms with Crippen LogP contribution in [0.15, 0.2) is 51.9 Å². The predicted octanol–water partition coefficient (Wildman–Crippen LogP) is 4.27. The minimum atomic E-state index is -0.292. The van der Waals surface area contributed by atoms with Crippen LogP contribution in [0.2, 0.25) is 0 Å². The van der Waals surface area contributed by atoms with Gasteiger partial charge in [-0.25, -0.2) is 4.68 Å². The number of benzene rings is 1. The van der Waals surface area contributed by atoms with Crippen molar-refractivity contribution in [1.82, 2.24) is 30.1 Å². The Morgan fingerprint density at radius 2 is 1.97 bits per heavy atom. The summed E-state index contributed by atoms with van der Waals surface area (Å²) in [5.41, 5.74) is 0.997. The number of furan rings is 1. The van der Waals surface area contributed by atoms with Gasteiger partial charge in [0.05, 0.1) is 31.5 Å². The highest BCUT2D eigenvalue weighted by molar-refractivity contribution is 5.80. The van der Waals surface area contributed by atoms with Gasteiger partial charge in [0.1, 0.15) is 11.5 Å². The van der Waals surface area contributed by atoms with Crippen molar-refractivity contribution in [2.24, 2.45) is 5.92 Å². The van der Waals surface area contributed by atoms with Crippen LogP contribution < -0.4 is 10.3 Å². The normalized spacial score (nSPS) is 13.2. The second-order valence-corrected chi connectivity index (χ2v) is 9.87. The second kappa shape index (κ2) is 9.42. The molecule has 9 heteroatoms. The summed E-state index contributed by atoms with van der Waals surface area (Å²) in [5.74, 6) is 2.47. The lowest BCUT2D eigenvalue weighted by Gasteiger charge is -2.34. The van der Waals surface area contributed by atoms with Crippen molar-refractivity contribution in [1.29, 1.82) is 0 Å². The van der Waals surface area contributed by atoms with Gasteiger partial charge in [-0.3, -0.25) is 9.69 Å². The Kier molecular flexibility index (Phi) is 6.56. The van der Waals surface area contributed by atoms with Crippen molar-refractivity contribution in [2.75, 3.05) is 7.11 Å². The molecule has 180 valence electrons. The molecular formula is C25H32N6O3. The van der Waals surface area contributed by atoms with Crippen LogP contribution >= 0.6 is 0 Å². The SMILES string of the molecule is COc1ccc2[nH]c(=O)c(CN(Cc3ccco3)[C@@H](c3nnnn3C(C)(C)C)C(C)C)cc2c1. The largest absolute Gasteiger partial charge is 0.497 e. The van der Waals surface area contributed by atoms with E-state index >= 15 is 0 Å². The fourth-order valence-corrected chi connectivity index (χ4v) is 4.29. The zero-order chi connectivity index (χ0) is 24.5. The molecule has 34 heavy (non-hydrogen) atoms. The number of aromatic amines is 1. The Hall–Kier alpha value is -3.46. The van der Waals surface area contributed by atoms with Crippen LogP contribution in [-0.2, 0) is 18.6 Å². The second-order valence-electron chi connectivity index (χ2n) is 9.87. The topological polar surface area (TPSA) is 102 Å². The van der Waals surface area contributed by atoms with Crippen LogP contribution in [0.4, 0.5) is 0 Å². The van der Waals surface area contributed by atoms with Crippen molar-refractivity contribution in [3.05, 3.63) is 70.2 Å². The molecule has 0 unspecified atom stereocenters. The van der Waals surface area contributed by atoms with Crippen LogP contribution in [-0.4, -0.2) is 37.2 Å². The number of ether oxygens (including phenoxy) is 1. The highest BCUT2D eigenvalue weighted by atomic mass is 16.5. The maximum Gasteiger partial charge on any atom is 0.252 e. The number of rotatable bonds is 8. The Bertz CT molecular complexity index is 1300. The number of fused-ring (bicyclic) bond motifs is 1. The summed E-state index contributed by atoms with van der Waals surface area (Å²) < 4.78 is 12.9. The number of tetrazole rings is 1. The van der Waals surface area contributed by atoms with E-state index in [-0.39, 0.29) is 23.1 Å². The summed E-state index contributed by atoms with van der Waals surface area (Å²) in [6.45, 7) is 11.4. The van der Waals surface area contributed by atoms with Crippen molar-refractivity contribution in [3.8, 4) is 5.75 Å². The van der Waals surface area contributed by atoms with Gasteiger partial charge in [0.15, 0.2) is 5.82 Å². The van der Waals surface area contributed by atoms with Gasteiger partial charge in [-0.2, -0.15) is 0 Å². The van der Waals surface area contributed by atoms with E-state index < -0.39 is 0 Å². The Morgan fingerprint density at radius 3 is 2.62 bits per heavy atom. The van der Waals surface area contributed by atoms with Gasteiger partial charge in [-0.05, 0) is 73.5 Å². The summed E-state index contributed by atoms with van der Waals surface area (Å²) in [7, 11) is 1.63. The lowest BCUT2D eigenvalue weighted by Crippen LogP contribution is -2.37. The minimum Gasteiger partial charge on any atom is -0.497 e. The molecule has 0 spiro atoms. The van der Waals surface area contributed by atoms with E-state index in [0.717, 1.165) is 28.2 Å². The molecule has 1 atom stereocenters. The monoisotopic (exact) mass is 464 g/mol.